The van der Waals surface area contributed by atoms with Crippen molar-refractivity contribution in [1.29, 1.82) is 0 Å². The lowest BCUT2D eigenvalue weighted by atomic mass is 9.74. The summed E-state index contributed by atoms with van der Waals surface area (Å²) in [7, 11) is 0. The van der Waals surface area contributed by atoms with E-state index in [4.69, 9.17) is 9.97 Å². The highest BCUT2D eigenvalue weighted by molar-refractivity contribution is 5.98. The SMILES string of the molecule is CC1(C)CNCC[C@@H]1CNc1nc(-c2ccnc3[nH]c(-c4cccnc4)cc23)nc2cncc(C3CC3)c12. The molecule has 6 heterocycles. The van der Waals surface area contributed by atoms with Gasteiger partial charge in [0.2, 0.25) is 0 Å². The molecule has 0 aromatic carbocycles. The molecule has 1 atom stereocenters. The zero-order valence-corrected chi connectivity index (χ0v) is 21.8. The Morgan fingerprint density at radius 2 is 1.95 bits per heavy atom. The molecule has 1 saturated carbocycles. The Balaban J connectivity index is 1.34. The second-order valence-electron chi connectivity index (χ2n) is 11.4. The number of piperidine rings is 1. The largest absolute Gasteiger partial charge is 0.369 e. The third-order valence-corrected chi connectivity index (χ3v) is 8.27. The summed E-state index contributed by atoms with van der Waals surface area (Å²) in [5.74, 6) is 2.71. The van der Waals surface area contributed by atoms with Crippen molar-refractivity contribution >= 4 is 27.8 Å². The molecule has 0 spiro atoms. The van der Waals surface area contributed by atoms with Crippen molar-refractivity contribution in [3.63, 3.8) is 0 Å². The Morgan fingerprint density at radius 3 is 2.76 bits per heavy atom. The molecule has 192 valence electrons. The molecule has 0 radical (unpaired) electrons. The van der Waals surface area contributed by atoms with Gasteiger partial charge in [0.1, 0.15) is 11.5 Å². The summed E-state index contributed by atoms with van der Waals surface area (Å²) in [5.41, 5.74) is 6.12. The summed E-state index contributed by atoms with van der Waals surface area (Å²) < 4.78 is 0. The van der Waals surface area contributed by atoms with Crippen LogP contribution < -0.4 is 10.6 Å². The highest BCUT2D eigenvalue weighted by Crippen LogP contribution is 2.44. The molecule has 5 aromatic rings. The molecule has 8 nitrogen and oxygen atoms in total. The number of fused-ring (bicyclic) bond motifs is 2. The number of aromatic amines is 1. The van der Waals surface area contributed by atoms with Gasteiger partial charge in [0.15, 0.2) is 5.82 Å². The Labute approximate surface area is 221 Å². The topological polar surface area (TPSA) is 104 Å². The van der Waals surface area contributed by atoms with Crippen LogP contribution in [0.15, 0.2) is 55.2 Å². The highest BCUT2D eigenvalue weighted by Gasteiger charge is 2.33. The Kier molecular flexibility index (Phi) is 5.58. The van der Waals surface area contributed by atoms with E-state index in [1.807, 2.05) is 43.0 Å². The van der Waals surface area contributed by atoms with Crippen LogP contribution in [-0.2, 0) is 0 Å². The highest BCUT2D eigenvalue weighted by atomic mass is 15.0. The molecule has 0 unspecified atom stereocenters. The summed E-state index contributed by atoms with van der Waals surface area (Å²) in [4.78, 5) is 27.1. The number of nitrogens with one attached hydrogen (secondary N) is 3. The zero-order valence-electron chi connectivity index (χ0n) is 21.8. The van der Waals surface area contributed by atoms with Crippen LogP contribution in [0.2, 0.25) is 0 Å². The van der Waals surface area contributed by atoms with E-state index in [-0.39, 0.29) is 5.41 Å². The number of nitrogens with zero attached hydrogens (tertiary/aromatic N) is 5. The van der Waals surface area contributed by atoms with Crippen LogP contribution in [0, 0.1) is 11.3 Å². The number of anilines is 1. The maximum absolute atomic E-state index is 5.19. The van der Waals surface area contributed by atoms with E-state index in [0.29, 0.717) is 17.7 Å². The van der Waals surface area contributed by atoms with Crippen molar-refractivity contribution in [3.8, 4) is 22.6 Å². The standard InChI is InChI=1S/C30H32N8/c1-30(2)17-32-10-7-20(30)14-35-29-26-23(18-5-6-18)15-33-16-25(26)37-28(38-29)21-8-11-34-27-22(21)12-24(36-27)19-4-3-9-31-13-19/h3-4,8-9,11-13,15-16,18,20,32H,5-7,10,14,17H2,1-2H3,(H,34,36)(H,35,37,38)/t20-/m1/s1. The Hall–Kier alpha value is -3.91. The molecule has 0 bridgehead atoms. The molecule has 1 aliphatic carbocycles. The Bertz CT molecular complexity index is 1620. The summed E-state index contributed by atoms with van der Waals surface area (Å²) in [5, 5.41) is 9.45. The van der Waals surface area contributed by atoms with Crippen LogP contribution in [0.4, 0.5) is 5.82 Å². The fraction of sp³-hybridized carbons (Fsp3) is 0.367. The number of H-pyrrole nitrogens is 1. The average Bonchev–Trinajstić information content (AvgIpc) is 3.69. The van der Waals surface area contributed by atoms with E-state index < -0.39 is 0 Å². The molecule has 38 heavy (non-hydrogen) atoms. The lowest BCUT2D eigenvalue weighted by Crippen LogP contribution is -2.45. The minimum atomic E-state index is 0.225. The van der Waals surface area contributed by atoms with Gasteiger partial charge in [-0.3, -0.25) is 9.97 Å². The number of aromatic nitrogens is 6. The number of rotatable bonds is 6. The van der Waals surface area contributed by atoms with Crippen molar-refractivity contribution in [1.82, 2.24) is 35.2 Å². The van der Waals surface area contributed by atoms with Crippen molar-refractivity contribution in [3.05, 3.63) is 60.8 Å². The van der Waals surface area contributed by atoms with Gasteiger partial charge in [0, 0.05) is 65.5 Å². The molecule has 3 N–H and O–H groups in total. The molecule has 2 fully saturated rings. The molecular weight excluding hydrogens is 472 g/mol. The van der Waals surface area contributed by atoms with Gasteiger partial charge in [-0.1, -0.05) is 13.8 Å². The molecule has 2 aliphatic rings. The van der Waals surface area contributed by atoms with Crippen LogP contribution in [0.3, 0.4) is 0 Å². The van der Waals surface area contributed by atoms with E-state index in [0.717, 1.165) is 70.6 Å². The van der Waals surface area contributed by atoms with E-state index in [1.165, 1.54) is 18.4 Å². The number of pyridine rings is 3. The molecule has 1 aliphatic heterocycles. The zero-order chi connectivity index (χ0) is 25.7. The van der Waals surface area contributed by atoms with E-state index in [2.05, 4.69) is 50.5 Å². The first-order valence-corrected chi connectivity index (χ1v) is 13.6. The predicted octanol–water partition coefficient (Wildman–Crippen LogP) is 5.56. The van der Waals surface area contributed by atoms with Gasteiger partial charge in [-0.15, -0.1) is 0 Å². The first kappa shape index (κ1) is 23.2. The molecule has 8 heteroatoms. The summed E-state index contributed by atoms with van der Waals surface area (Å²) >= 11 is 0. The van der Waals surface area contributed by atoms with Crippen molar-refractivity contribution in [2.45, 2.75) is 39.0 Å². The molecule has 5 aromatic heterocycles. The number of hydrogen-bond acceptors (Lipinski definition) is 7. The smallest absolute Gasteiger partial charge is 0.163 e. The van der Waals surface area contributed by atoms with Gasteiger partial charge in [0.25, 0.3) is 0 Å². The van der Waals surface area contributed by atoms with Crippen LogP contribution in [0.5, 0.6) is 0 Å². The summed E-state index contributed by atoms with van der Waals surface area (Å²) in [6.07, 6.45) is 12.9. The van der Waals surface area contributed by atoms with Gasteiger partial charge in [0.05, 0.1) is 11.7 Å². The van der Waals surface area contributed by atoms with E-state index in [9.17, 15) is 0 Å². The fourth-order valence-electron chi connectivity index (χ4n) is 5.78. The number of hydrogen-bond donors (Lipinski definition) is 3. The second kappa shape index (κ2) is 9.13. The fourth-order valence-corrected chi connectivity index (χ4v) is 5.78. The van der Waals surface area contributed by atoms with Gasteiger partial charge in [-0.25, -0.2) is 15.0 Å². The monoisotopic (exact) mass is 504 g/mol. The average molecular weight is 505 g/mol. The van der Waals surface area contributed by atoms with Crippen LogP contribution in [0.25, 0.3) is 44.6 Å². The first-order chi connectivity index (χ1) is 18.6. The van der Waals surface area contributed by atoms with Crippen LogP contribution in [0.1, 0.15) is 44.6 Å². The molecular formula is C30H32N8. The van der Waals surface area contributed by atoms with Gasteiger partial charge < -0.3 is 15.6 Å². The quantitative estimate of drug-likeness (QED) is 0.278. The van der Waals surface area contributed by atoms with E-state index >= 15 is 0 Å². The minimum Gasteiger partial charge on any atom is -0.369 e. The van der Waals surface area contributed by atoms with Gasteiger partial charge in [-0.05, 0) is 72.9 Å². The predicted molar refractivity (Wildman–Crippen MR) is 151 cm³/mol. The summed E-state index contributed by atoms with van der Waals surface area (Å²) in [6.45, 7) is 7.69. The maximum atomic E-state index is 5.19. The second-order valence-corrected chi connectivity index (χ2v) is 11.4. The normalized spacial score (nSPS) is 19.2. The maximum Gasteiger partial charge on any atom is 0.163 e. The van der Waals surface area contributed by atoms with Gasteiger partial charge in [-0.2, -0.15) is 0 Å². The van der Waals surface area contributed by atoms with Gasteiger partial charge >= 0.3 is 0 Å². The first-order valence-electron chi connectivity index (χ1n) is 13.6. The summed E-state index contributed by atoms with van der Waals surface area (Å²) in [6, 6.07) is 8.10. The van der Waals surface area contributed by atoms with Crippen LogP contribution in [-0.4, -0.2) is 49.5 Å². The lowest BCUT2D eigenvalue weighted by Gasteiger charge is -2.39. The van der Waals surface area contributed by atoms with Crippen molar-refractivity contribution in [2.75, 3.05) is 25.0 Å². The Morgan fingerprint density at radius 1 is 1.03 bits per heavy atom. The molecule has 7 rings (SSSR count). The van der Waals surface area contributed by atoms with Crippen molar-refractivity contribution < 1.29 is 0 Å². The molecule has 0 amide bonds. The molecule has 1 saturated heterocycles. The third-order valence-electron chi connectivity index (χ3n) is 8.27. The minimum absolute atomic E-state index is 0.225. The van der Waals surface area contributed by atoms with E-state index in [1.54, 1.807) is 6.20 Å². The third kappa shape index (κ3) is 4.19. The van der Waals surface area contributed by atoms with Crippen LogP contribution >= 0.6 is 0 Å². The lowest BCUT2D eigenvalue weighted by molar-refractivity contribution is 0.166. The van der Waals surface area contributed by atoms with Crippen molar-refractivity contribution in [2.24, 2.45) is 11.3 Å².